The van der Waals surface area contributed by atoms with Gasteiger partial charge in [-0.05, 0) is 38.7 Å². The molecule has 92 valence electrons. The summed E-state index contributed by atoms with van der Waals surface area (Å²) in [4.78, 5) is 13.6. The SMILES string of the molecule is CC1(C)CCC[C@@H](C=O)N1Cc1ccccc1. The molecule has 0 saturated carbocycles. The third kappa shape index (κ3) is 2.75. The number of piperidine rings is 1. The maximum Gasteiger partial charge on any atom is 0.137 e. The second-order valence-electron chi connectivity index (χ2n) is 5.52. The summed E-state index contributed by atoms with van der Waals surface area (Å²) in [6, 6.07) is 10.5. The van der Waals surface area contributed by atoms with Gasteiger partial charge in [0.2, 0.25) is 0 Å². The van der Waals surface area contributed by atoms with Gasteiger partial charge in [-0.2, -0.15) is 0 Å². The molecule has 1 fully saturated rings. The number of carbonyl (C=O) groups excluding carboxylic acids is 1. The van der Waals surface area contributed by atoms with Crippen LogP contribution in [-0.2, 0) is 11.3 Å². The zero-order valence-corrected chi connectivity index (χ0v) is 10.7. The van der Waals surface area contributed by atoms with E-state index in [4.69, 9.17) is 0 Å². The first kappa shape index (κ1) is 12.3. The van der Waals surface area contributed by atoms with E-state index >= 15 is 0 Å². The van der Waals surface area contributed by atoms with Crippen LogP contribution in [0.15, 0.2) is 30.3 Å². The number of carbonyl (C=O) groups is 1. The second-order valence-corrected chi connectivity index (χ2v) is 5.52. The molecule has 0 spiro atoms. The standard InChI is InChI=1S/C15H21NO/c1-15(2)10-6-9-14(12-17)16(15)11-13-7-4-3-5-8-13/h3-5,7-8,12,14H,6,9-11H2,1-2H3/t14-/m0/s1. The van der Waals surface area contributed by atoms with Crippen molar-refractivity contribution in [3.05, 3.63) is 35.9 Å². The van der Waals surface area contributed by atoms with Gasteiger partial charge in [0.25, 0.3) is 0 Å². The number of rotatable bonds is 3. The zero-order chi connectivity index (χ0) is 12.3. The summed E-state index contributed by atoms with van der Waals surface area (Å²) in [5.41, 5.74) is 1.41. The largest absolute Gasteiger partial charge is 0.302 e. The van der Waals surface area contributed by atoms with Crippen molar-refractivity contribution in [2.45, 2.75) is 51.2 Å². The molecule has 2 rings (SSSR count). The average Bonchev–Trinajstić information content (AvgIpc) is 2.33. The number of nitrogens with zero attached hydrogens (tertiary/aromatic N) is 1. The van der Waals surface area contributed by atoms with Crippen molar-refractivity contribution < 1.29 is 4.79 Å². The van der Waals surface area contributed by atoms with Crippen molar-refractivity contribution in [1.82, 2.24) is 4.90 Å². The Bertz CT molecular complexity index is 372. The highest BCUT2D eigenvalue weighted by molar-refractivity contribution is 5.58. The highest BCUT2D eigenvalue weighted by atomic mass is 16.1. The van der Waals surface area contributed by atoms with E-state index in [0.29, 0.717) is 0 Å². The molecule has 1 aliphatic heterocycles. The van der Waals surface area contributed by atoms with E-state index in [1.807, 2.05) is 6.07 Å². The Morgan fingerprint density at radius 1 is 1.35 bits per heavy atom. The van der Waals surface area contributed by atoms with Crippen molar-refractivity contribution in [3.63, 3.8) is 0 Å². The summed E-state index contributed by atoms with van der Waals surface area (Å²) in [6.07, 6.45) is 4.44. The Balaban J connectivity index is 2.17. The molecule has 1 aliphatic rings. The van der Waals surface area contributed by atoms with Gasteiger partial charge in [-0.1, -0.05) is 30.3 Å². The van der Waals surface area contributed by atoms with Crippen molar-refractivity contribution in [1.29, 1.82) is 0 Å². The first-order chi connectivity index (χ1) is 8.13. The Kier molecular flexibility index (Phi) is 3.63. The highest BCUT2D eigenvalue weighted by Crippen LogP contribution is 2.32. The lowest BCUT2D eigenvalue weighted by atomic mass is 9.86. The smallest absolute Gasteiger partial charge is 0.137 e. The Hall–Kier alpha value is -1.15. The molecule has 0 amide bonds. The molecule has 0 aromatic heterocycles. The molecule has 1 heterocycles. The molecular formula is C15H21NO. The summed E-state index contributed by atoms with van der Waals surface area (Å²) in [6.45, 7) is 5.36. The number of aldehydes is 1. The summed E-state index contributed by atoms with van der Waals surface area (Å²) in [5, 5.41) is 0. The molecule has 0 radical (unpaired) electrons. The minimum Gasteiger partial charge on any atom is -0.302 e. The van der Waals surface area contributed by atoms with Gasteiger partial charge in [0.15, 0.2) is 0 Å². The van der Waals surface area contributed by atoms with Gasteiger partial charge in [-0.15, -0.1) is 0 Å². The zero-order valence-electron chi connectivity index (χ0n) is 10.7. The third-order valence-corrected chi connectivity index (χ3v) is 3.82. The second kappa shape index (κ2) is 5.01. The predicted octanol–water partition coefficient (Wildman–Crippen LogP) is 3.02. The van der Waals surface area contributed by atoms with Crippen molar-refractivity contribution in [3.8, 4) is 0 Å². The molecule has 1 atom stereocenters. The molecule has 1 saturated heterocycles. The molecule has 0 aliphatic carbocycles. The molecule has 1 aromatic carbocycles. The Morgan fingerprint density at radius 2 is 2.06 bits per heavy atom. The van der Waals surface area contributed by atoms with Gasteiger partial charge in [0, 0.05) is 12.1 Å². The number of hydrogen-bond donors (Lipinski definition) is 0. The average molecular weight is 231 g/mol. The lowest BCUT2D eigenvalue weighted by Crippen LogP contribution is -2.53. The lowest BCUT2D eigenvalue weighted by Gasteiger charge is -2.46. The van der Waals surface area contributed by atoms with Crippen LogP contribution in [0.2, 0.25) is 0 Å². The lowest BCUT2D eigenvalue weighted by molar-refractivity contribution is -0.117. The van der Waals surface area contributed by atoms with E-state index in [9.17, 15) is 4.79 Å². The van der Waals surface area contributed by atoms with Crippen LogP contribution in [0.5, 0.6) is 0 Å². The molecule has 17 heavy (non-hydrogen) atoms. The number of hydrogen-bond acceptors (Lipinski definition) is 2. The maximum absolute atomic E-state index is 11.2. The maximum atomic E-state index is 11.2. The molecule has 2 heteroatoms. The van der Waals surface area contributed by atoms with Gasteiger partial charge in [-0.3, -0.25) is 4.90 Å². The summed E-state index contributed by atoms with van der Waals surface area (Å²) < 4.78 is 0. The van der Waals surface area contributed by atoms with Crippen LogP contribution >= 0.6 is 0 Å². The molecule has 0 unspecified atom stereocenters. The van der Waals surface area contributed by atoms with Crippen LogP contribution in [0.1, 0.15) is 38.7 Å². The van der Waals surface area contributed by atoms with E-state index in [0.717, 1.165) is 25.7 Å². The minimum atomic E-state index is 0.0824. The molecule has 0 bridgehead atoms. The van der Waals surface area contributed by atoms with Gasteiger partial charge < -0.3 is 4.79 Å². The van der Waals surface area contributed by atoms with E-state index < -0.39 is 0 Å². The predicted molar refractivity (Wildman–Crippen MR) is 69.8 cm³/mol. The van der Waals surface area contributed by atoms with Gasteiger partial charge >= 0.3 is 0 Å². The fourth-order valence-electron chi connectivity index (χ4n) is 2.75. The summed E-state index contributed by atoms with van der Waals surface area (Å²) >= 11 is 0. The summed E-state index contributed by atoms with van der Waals surface area (Å²) in [5.74, 6) is 0. The molecule has 0 N–H and O–H groups in total. The molecule has 2 nitrogen and oxygen atoms in total. The fourth-order valence-corrected chi connectivity index (χ4v) is 2.75. The summed E-state index contributed by atoms with van der Waals surface area (Å²) in [7, 11) is 0. The van der Waals surface area contributed by atoms with Gasteiger partial charge in [0.1, 0.15) is 6.29 Å². The molecular weight excluding hydrogens is 210 g/mol. The van der Waals surface area contributed by atoms with Gasteiger partial charge in [0.05, 0.1) is 6.04 Å². The van der Waals surface area contributed by atoms with E-state index in [-0.39, 0.29) is 11.6 Å². The number of benzene rings is 1. The monoisotopic (exact) mass is 231 g/mol. The van der Waals surface area contributed by atoms with Crippen LogP contribution in [0.3, 0.4) is 0 Å². The van der Waals surface area contributed by atoms with Gasteiger partial charge in [-0.25, -0.2) is 0 Å². The van der Waals surface area contributed by atoms with E-state index in [1.54, 1.807) is 0 Å². The van der Waals surface area contributed by atoms with Crippen LogP contribution < -0.4 is 0 Å². The third-order valence-electron chi connectivity index (χ3n) is 3.82. The van der Waals surface area contributed by atoms with Crippen LogP contribution in [0.25, 0.3) is 0 Å². The minimum absolute atomic E-state index is 0.0824. The normalized spacial score (nSPS) is 24.5. The fraction of sp³-hybridized carbons (Fsp3) is 0.533. The van der Waals surface area contributed by atoms with E-state index in [2.05, 4.69) is 43.0 Å². The quantitative estimate of drug-likeness (QED) is 0.745. The topological polar surface area (TPSA) is 20.3 Å². The van der Waals surface area contributed by atoms with E-state index in [1.165, 1.54) is 12.0 Å². The first-order valence-electron chi connectivity index (χ1n) is 6.39. The number of likely N-dealkylation sites (tertiary alicyclic amines) is 1. The van der Waals surface area contributed by atoms with Crippen molar-refractivity contribution >= 4 is 6.29 Å². The van der Waals surface area contributed by atoms with Crippen LogP contribution in [-0.4, -0.2) is 22.8 Å². The van der Waals surface area contributed by atoms with Crippen LogP contribution in [0.4, 0.5) is 0 Å². The van der Waals surface area contributed by atoms with Crippen molar-refractivity contribution in [2.24, 2.45) is 0 Å². The Labute approximate surface area is 104 Å². The molecule has 1 aromatic rings. The van der Waals surface area contributed by atoms with Crippen molar-refractivity contribution in [2.75, 3.05) is 0 Å². The highest BCUT2D eigenvalue weighted by Gasteiger charge is 2.35. The first-order valence-corrected chi connectivity index (χ1v) is 6.39. The Morgan fingerprint density at radius 3 is 2.71 bits per heavy atom. The van der Waals surface area contributed by atoms with Crippen LogP contribution in [0, 0.1) is 0 Å².